The number of ether oxygens (including phenoxy) is 2. The highest BCUT2D eigenvalue weighted by atomic mass is 32.2. The van der Waals surface area contributed by atoms with Gasteiger partial charge in [-0.1, -0.05) is 36.4 Å². The summed E-state index contributed by atoms with van der Waals surface area (Å²) in [6.07, 6.45) is 0. The van der Waals surface area contributed by atoms with Crippen molar-refractivity contribution in [2.24, 2.45) is 5.14 Å². The molecule has 0 aliphatic heterocycles. The first-order valence-electron chi connectivity index (χ1n) is 9.11. The number of methoxy groups -OCH3 is 1. The molecule has 0 spiro atoms. The Morgan fingerprint density at radius 2 is 1.50 bits per heavy atom. The molecule has 0 saturated carbocycles. The van der Waals surface area contributed by atoms with E-state index >= 15 is 0 Å². The van der Waals surface area contributed by atoms with E-state index in [1.54, 1.807) is 31.4 Å². The third-order valence-corrected chi connectivity index (χ3v) is 5.31. The maximum Gasteiger partial charge on any atom is 0.251 e. The number of hydrogen-bond acceptors (Lipinski definition) is 5. The fraction of sp³-hybridized carbons (Fsp3) is 0.136. The average molecular weight is 426 g/mol. The Morgan fingerprint density at radius 3 is 2.10 bits per heavy atom. The molecule has 0 aliphatic carbocycles. The number of hydrogen-bond donors (Lipinski definition) is 2. The van der Waals surface area contributed by atoms with Gasteiger partial charge in [-0.3, -0.25) is 4.79 Å². The van der Waals surface area contributed by atoms with Gasteiger partial charge in [0.05, 0.1) is 12.0 Å². The number of sulfonamides is 1. The van der Waals surface area contributed by atoms with Crippen LogP contribution in [0.3, 0.4) is 0 Å². The number of amides is 1. The van der Waals surface area contributed by atoms with Crippen LogP contribution in [0.1, 0.15) is 21.5 Å². The molecule has 0 aliphatic rings. The molecule has 0 atom stereocenters. The summed E-state index contributed by atoms with van der Waals surface area (Å²) in [5.74, 6) is 1.07. The lowest BCUT2D eigenvalue weighted by Crippen LogP contribution is -2.22. The molecule has 7 nitrogen and oxygen atoms in total. The standard InChI is InChI=1S/C22H22N2O5S/c1-28-20-4-2-3-5-21(20)29-15-17-6-10-18(11-7-17)22(25)24-14-16-8-12-19(13-9-16)30(23,26)27/h2-13H,14-15H2,1H3,(H,24,25)(H2,23,26,27). The number of primary sulfonamides is 1. The maximum absolute atomic E-state index is 12.3. The molecule has 30 heavy (non-hydrogen) atoms. The zero-order chi connectivity index (χ0) is 21.6. The molecule has 0 bridgehead atoms. The first-order valence-corrected chi connectivity index (χ1v) is 10.7. The Bertz CT molecular complexity index is 1110. The summed E-state index contributed by atoms with van der Waals surface area (Å²) in [6.45, 7) is 0.612. The molecular formula is C22H22N2O5S. The van der Waals surface area contributed by atoms with Crippen molar-refractivity contribution in [3.05, 3.63) is 89.5 Å². The van der Waals surface area contributed by atoms with Crippen molar-refractivity contribution in [1.82, 2.24) is 5.32 Å². The molecule has 0 aromatic heterocycles. The van der Waals surface area contributed by atoms with Gasteiger partial charge in [-0.2, -0.15) is 0 Å². The van der Waals surface area contributed by atoms with E-state index in [1.165, 1.54) is 12.1 Å². The fourth-order valence-electron chi connectivity index (χ4n) is 2.73. The predicted octanol–water partition coefficient (Wildman–Crippen LogP) is 2.85. The second kappa shape index (κ2) is 9.43. The van der Waals surface area contributed by atoms with E-state index in [4.69, 9.17) is 14.6 Å². The van der Waals surface area contributed by atoms with Crippen LogP contribution in [-0.2, 0) is 23.2 Å². The van der Waals surface area contributed by atoms with Gasteiger partial charge in [0.1, 0.15) is 6.61 Å². The largest absolute Gasteiger partial charge is 0.493 e. The van der Waals surface area contributed by atoms with E-state index in [2.05, 4.69) is 5.32 Å². The summed E-state index contributed by atoms with van der Waals surface area (Å²) in [7, 11) is -2.14. The van der Waals surface area contributed by atoms with E-state index in [-0.39, 0.29) is 17.3 Å². The normalized spacial score (nSPS) is 11.0. The summed E-state index contributed by atoms with van der Waals surface area (Å²) in [5.41, 5.74) is 2.19. The Balaban J connectivity index is 1.54. The molecule has 0 heterocycles. The Hall–Kier alpha value is -3.36. The summed E-state index contributed by atoms with van der Waals surface area (Å²) >= 11 is 0. The average Bonchev–Trinajstić information content (AvgIpc) is 2.76. The number of carbonyl (C=O) groups is 1. The van der Waals surface area contributed by atoms with Crippen LogP contribution in [0, 0.1) is 0 Å². The van der Waals surface area contributed by atoms with Gasteiger partial charge >= 0.3 is 0 Å². The first-order chi connectivity index (χ1) is 14.4. The van der Waals surface area contributed by atoms with E-state index in [0.717, 1.165) is 11.1 Å². The van der Waals surface area contributed by atoms with Gasteiger partial charge in [0, 0.05) is 12.1 Å². The van der Waals surface area contributed by atoms with E-state index < -0.39 is 10.0 Å². The molecule has 3 aromatic rings. The third-order valence-electron chi connectivity index (χ3n) is 4.38. The number of benzene rings is 3. The van der Waals surface area contributed by atoms with Crippen molar-refractivity contribution in [1.29, 1.82) is 0 Å². The lowest BCUT2D eigenvalue weighted by molar-refractivity contribution is 0.0951. The van der Waals surface area contributed by atoms with E-state index in [9.17, 15) is 13.2 Å². The zero-order valence-electron chi connectivity index (χ0n) is 16.4. The smallest absolute Gasteiger partial charge is 0.251 e. The molecule has 0 unspecified atom stereocenters. The molecule has 1 amide bonds. The van der Waals surface area contributed by atoms with Crippen LogP contribution in [0.5, 0.6) is 11.5 Å². The molecule has 156 valence electrons. The molecule has 3 rings (SSSR count). The maximum atomic E-state index is 12.3. The topological polar surface area (TPSA) is 108 Å². The monoisotopic (exact) mass is 426 g/mol. The lowest BCUT2D eigenvalue weighted by atomic mass is 10.1. The molecule has 8 heteroatoms. The minimum absolute atomic E-state index is 0.0310. The van der Waals surface area contributed by atoms with Crippen LogP contribution in [0.4, 0.5) is 0 Å². The van der Waals surface area contributed by atoms with Crippen molar-refractivity contribution < 1.29 is 22.7 Å². The van der Waals surface area contributed by atoms with Crippen LogP contribution in [0.2, 0.25) is 0 Å². The summed E-state index contributed by atoms with van der Waals surface area (Å²) < 4.78 is 33.6. The Labute approximate surface area is 175 Å². The second-order valence-corrected chi connectivity index (χ2v) is 8.07. The van der Waals surface area contributed by atoms with Gasteiger partial charge in [0.15, 0.2) is 11.5 Å². The molecular weight excluding hydrogens is 404 g/mol. The lowest BCUT2D eigenvalue weighted by Gasteiger charge is -2.11. The Kier molecular flexibility index (Phi) is 6.71. The highest BCUT2D eigenvalue weighted by Gasteiger charge is 2.09. The number of nitrogens with two attached hydrogens (primary N) is 1. The minimum Gasteiger partial charge on any atom is -0.493 e. The van der Waals surface area contributed by atoms with Crippen molar-refractivity contribution in [2.75, 3.05) is 7.11 Å². The van der Waals surface area contributed by atoms with Crippen molar-refractivity contribution in [2.45, 2.75) is 18.0 Å². The highest BCUT2D eigenvalue weighted by Crippen LogP contribution is 2.26. The van der Waals surface area contributed by atoms with Crippen LogP contribution >= 0.6 is 0 Å². The highest BCUT2D eigenvalue weighted by molar-refractivity contribution is 7.89. The van der Waals surface area contributed by atoms with Crippen molar-refractivity contribution in [3.63, 3.8) is 0 Å². The molecule has 0 radical (unpaired) electrons. The van der Waals surface area contributed by atoms with Crippen LogP contribution in [0.15, 0.2) is 77.7 Å². The second-order valence-electron chi connectivity index (χ2n) is 6.51. The minimum atomic E-state index is -3.73. The fourth-order valence-corrected chi connectivity index (χ4v) is 3.25. The predicted molar refractivity (Wildman–Crippen MR) is 113 cm³/mol. The van der Waals surface area contributed by atoms with E-state index in [1.807, 2.05) is 36.4 Å². The SMILES string of the molecule is COc1ccccc1OCc1ccc(C(=O)NCc2ccc(S(N)(=O)=O)cc2)cc1. The first kappa shape index (κ1) is 21.4. The van der Waals surface area contributed by atoms with Gasteiger partial charge in [-0.15, -0.1) is 0 Å². The van der Waals surface area contributed by atoms with Gasteiger partial charge in [-0.05, 0) is 47.5 Å². The van der Waals surface area contributed by atoms with Crippen LogP contribution < -0.4 is 19.9 Å². The summed E-state index contributed by atoms with van der Waals surface area (Å²) in [5, 5.41) is 7.87. The molecule has 3 aromatic carbocycles. The quantitative estimate of drug-likeness (QED) is 0.576. The Morgan fingerprint density at radius 1 is 0.900 bits per heavy atom. The van der Waals surface area contributed by atoms with E-state index in [0.29, 0.717) is 23.7 Å². The van der Waals surface area contributed by atoms with Gasteiger partial charge in [0.2, 0.25) is 10.0 Å². The van der Waals surface area contributed by atoms with Crippen LogP contribution in [0.25, 0.3) is 0 Å². The third kappa shape index (κ3) is 5.59. The number of nitrogens with one attached hydrogen (secondary N) is 1. The number of rotatable bonds is 8. The molecule has 0 saturated heterocycles. The zero-order valence-corrected chi connectivity index (χ0v) is 17.2. The van der Waals surface area contributed by atoms with Crippen molar-refractivity contribution >= 4 is 15.9 Å². The number of carbonyl (C=O) groups excluding carboxylic acids is 1. The van der Waals surface area contributed by atoms with Crippen molar-refractivity contribution in [3.8, 4) is 11.5 Å². The molecule has 3 N–H and O–H groups in total. The number of para-hydroxylation sites is 2. The summed E-state index contributed by atoms with van der Waals surface area (Å²) in [4.78, 5) is 12.4. The van der Waals surface area contributed by atoms with Gasteiger partial charge in [-0.25, -0.2) is 13.6 Å². The van der Waals surface area contributed by atoms with Gasteiger partial charge < -0.3 is 14.8 Å². The van der Waals surface area contributed by atoms with Gasteiger partial charge in [0.25, 0.3) is 5.91 Å². The molecule has 0 fully saturated rings. The summed E-state index contributed by atoms with van der Waals surface area (Å²) in [6, 6.07) is 20.5. The van der Waals surface area contributed by atoms with Crippen LogP contribution in [-0.4, -0.2) is 21.4 Å².